The molecule has 0 fully saturated rings. The largest absolute Gasteiger partial charge is 0.339 e. The van der Waals surface area contributed by atoms with Crippen molar-refractivity contribution in [2.24, 2.45) is 5.14 Å². The van der Waals surface area contributed by atoms with Crippen LogP contribution in [-0.2, 0) is 10.0 Å². The second kappa shape index (κ2) is 6.32. The number of hydrogen-bond acceptors (Lipinski definition) is 3. The van der Waals surface area contributed by atoms with Gasteiger partial charge in [0.25, 0.3) is 5.91 Å². The van der Waals surface area contributed by atoms with Gasteiger partial charge in [-0.2, -0.15) is 0 Å². The summed E-state index contributed by atoms with van der Waals surface area (Å²) in [4.78, 5) is 13.2. The molecule has 1 amide bonds. The van der Waals surface area contributed by atoms with E-state index in [1.165, 1.54) is 13.0 Å². The lowest BCUT2D eigenvalue weighted by atomic mass is 10.1. The van der Waals surface area contributed by atoms with Gasteiger partial charge in [0.1, 0.15) is 10.7 Å². The van der Waals surface area contributed by atoms with E-state index in [0.29, 0.717) is 13.1 Å². The van der Waals surface area contributed by atoms with Gasteiger partial charge >= 0.3 is 0 Å². The molecule has 0 aliphatic carbocycles. The first-order chi connectivity index (χ1) is 9.22. The summed E-state index contributed by atoms with van der Waals surface area (Å²) in [5.74, 6) is -1.25. The second-order valence-corrected chi connectivity index (χ2v) is 6.06. The predicted molar refractivity (Wildman–Crippen MR) is 74.4 cm³/mol. The summed E-state index contributed by atoms with van der Waals surface area (Å²) in [6, 6.07) is 2.34. The first-order valence-corrected chi connectivity index (χ1v) is 7.89. The van der Waals surface area contributed by atoms with Gasteiger partial charge in [0.2, 0.25) is 10.0 Å². The summed E-state index contributed by atoms with van der Waals surface area (Å²) in [5.41, 5.74) is 0.204. The number of sulfonamides is 1. The molecule has 0 unspecified atom stereocenters. The van der Waals surface area contributed by atoms with Crippen LogP contribution in [0.4, 0.5) is 4.39 Å². The molecule has 1 aromatic carbocycles. The predicted octanol–water partition coefficient (Wildman–Crippen LogP) is 1.65. The number of carbonyl (C=O) groups excluding carboxylic acids is 1. The van der Waals surface area contributed by atoms with Gasteiger partial charge in [0.15, 0.2) is 0 Å². The minimum absolute atomic E-state index is 0.0763. The van der Waals surface area contributed by atoms with Gasteiger partial charge in [0.05, 0.1) is 0 Å². The first kappa shape index (κ1) is 16.6. The van der Waals surface area contributed by atoms with Gasteiger partial charge in [-0.1, -0.05) is 6.92 Å². The number of nitrogens with two attached hydrogens (primary N) is 1. The average Bonchev–Trinajstić information content (AvgIpc) is 2.36. The van der Waals surface area contributed by atoms with Crippen molar-refractivity contribution < 1.29 is 17.6 Å². The molecule has 20 heavy (non-hydrogen) atoms. The van der Waals surface area contributed by atoms with Crippen LogP contribution >= 0.6 is 0 Å². The van der Waals surface area contributed by atoms with Crippen LogP contribution in [-0.4, -0.2) is 32.3 Å². The van der Waals surface area contributed by atoms with E-state index in [1.807, 2.05) is 13.8 Å². The fourth-order valence-corrected chi connectivity index (χ4v) is 2.63. The number of nitrogens with zero attached hydrogens (tertiary/aromatic N) is 1. The minimum atomic E-state index is -4.20. The average molecular weight is 302 g/mol. The molecule has 0 atom stereocenters. The van der Waals surface area contributed by atoms with Crippen molar-refractivity contribution in [1.82, 2.24) is 4.90 Å². The van der Waals surface area contributed by atoms with Gasteiger partial charge in [-0.25, -0.2) is 17.9 Å². The molecule has 0 radical (unpaired) electrons. The molecule has 1 aromatic rings. The molecule has 7 heteroatoms. The molecule has 112 valence electrons. The first-order valence-electron chi connectivity index (χ1n) is 6.34. The summed E-state index contributed by atoms with van der Waals surface area (Å²) in [6.45, 7) is 6.20. The maximum atomic E-state index is 13.8. The van der Waals surface area contributed by atoms with E-state index in [-0.39, 0.29) is 17.0 Å². The number of benzene rings is 1. The number of amides is 1. The zero-order valence-electron chi connectivity index (χ0n) is 11.8. The number of primary sulfonamides is 1. The topological polar surface area (TPSA) is 80.5 Å². The lowest BCUT2D eigenvalue weighted by Crippen LogP contribution is -2.32. The van der Waals surface area contributed by atoms with E-state index in [4.69, 9.17) is 5.14 Å². The Morgan fingerprint density at radius 3 is 2.40 bits per heavy atom. The van der Waals surface area contributed by atoms with Crippen molar-refractivity contribution in [3.05, 3.63) is 29.1 Å². The summed E-state index contributed by atoms with van der Waals surface area (Å²) >= 11 is 0. The van der Waals surface area contributed by atoms with Crippen LogP contribution in [0.2, 0.25) is 0 Å². The molecular weight excluding hydrogens is 283 g/mol. The Morgan fingerprint density at radius 2 is 1.95 bits per heavy atom. The van der Waals surface area contributed by atoms with Crippen molar-refractivity contribution in [3.8, 4) is 0 Å². The molecule has 0 spiro atoms. The van der Waals surface area contributed by atoms with E-state index in [9.17, 15) is 17.6 Å². The van der Waals surface area contributed by atoms with Gasteiger partial charge in [-0.05, 0) is 38.0 Å². The zero-order chi connectivity index (χ0) is 15.5. The number of halogens is 1. The van der Waals surface area contributed by atoms with Crippen LogP contribution < -0.4 is 5.14 Å². The van der Waals surface area contributed by atoms with Gasteiger partial charge < -0.3 is 4.90 Å². The van der Waals surface area contributed by atoms with Crippen molar-refractivity contribution in [2.45, 2.75) is 32.1 Å². The van der Waals surface area contributed by atoms with E-state index in [2.05, 4.69) is 0 Å². The number of hydrogen-bond donors (Lipinski definition) is 1. The second-order valence-electron chi connectivity index (χ2n) is 4.54. The zero-order valence-corrected chi connectivity index (χ0v) is 12.6. The Bertz CT molecular complexity index is 614. The molecular formula is C13H19FN2O3S. The van der Waals surface area contributed by atoms with Crippen molar-refractivity contribution in [2.75, 3.05) is 13.1 Å². The Kier molecular flexibility index (Phi) is 5.24. The summed E-state index contributed by atoms with van der Waals surface area (Å²) in [5, 5.41) is 4.97. The Hall–Kier alpha value is -1.47. The van der Waals surface area contributed by atoms with Crippen LogP contribution in [0.5, 0.6) is 0 Å². The number of aryl methyl sites for hydroxylation is 1. The molecule has 0 saturated heterocycles. The summed E-state index contributed by atoms with van der Waals surface area (Å²) in [7, 11) is -4.20. The van der Waals surface area contributed by atoms with Crippen LogP contribution in [0.25, 0.3) is 0 Å². The monoisotopic (exact) mass is 302 g/mol. The molecule has 0 aromatic heterocycles. The lowest BCUT2D eigenvalue weighted by molar-refractivity contribution is 0.0764. The Balaban J connectivity index is 3.34. The molecule has 0 saturated carbocycles. The third-order valence-electron chi connectivity index (χ3n) is 2.94. The van der Waals surface area contributed by atoms with Crippen molar-refractivity contribution in [3.63, 3.8) is 0 Å². The van der Waals surface area contributed by atoms with E-state index < -0.39 is 20.7 Å². The molecule has 5 nitrogen and oxygen atoms in total. The molecule has 0 aliphatic heterocycles. The minimum Gasteiger partial charge on any atom is -0.339 e. The molecule has 1 rings (SSSR count). The van der Waals surface area contributed by atoms with Crippen LogP contribution in [0, 0.1) is 12.7 Å². The summed E-state index contributed by atoms with van der Waals surface area (Å²) < 4.78 is 36.5. The summed E-state index contributed by atoms with van der Waals surface area (Å²) in [6.07, 6.45) is 0.780. The third-order valence-corrected chi connectivity index (χ3v) is 3.85. The SMILES string of the molecule is CCCN(CC)C(=O)c1cc(C)c(F)c(S(N)(=O)=O)c1. The fraction of sp³-hybridized carbons (Fsp3) is 0.462. The third kappa shape index (κ3) is 3.55. The highest BCUT2D eigenvalue weighted by Gasteiger charge is 2.22. The Labute approximate surface area is 118 Å². The van der Waals surface area contributed by atoms with Crippen molar-refractivity contribution >= 4 is 15.9 Å². The van der Waals surface area contributed by atoms with Crippen LogP contribution in [0.3, 0.4) is 0 Å². The van der Waals surface area contributed by atoms with E-state index in [1.54, 1.807) is 4.90 Å². The molecule has 0 aliphatic rings. The fourth-order valence-electron chi connectivity index (χ4n) is 1.92. The van der Waals surface area contributed by atoms with Crippen molar-refractivity contribution in [1.29, 1.82) is 0 Å². The lowest BCUT2D eigenvalue weighted by Gasteiger charge is -2.20. The maximum Gasteiger partial charge on any atom is 0.253 e. The van der Waals surface area contributed by atoms with E-state index >= 15 is 0 Å². The quantitative estimate of drug-likeness (QED) is 0.898. The van der Waals surface area contributed by atoms with Gasteiger partial charge in [0, 0.05) is 18.7 Å². The standard InChI is InChI=1S/C13H19FN2O3S/c1-4-6-16(5-2)13(17)10-7-9(3)12(14)11(8-10)20(15,18)19/h7-8H,4-6H2,1-3H3,(H2,15,18,19). The van der Waals surface area contributed by atoms with E-state index in [0.717, 1.165) is 12.5 Å². The molecule has 0 heterocycles. The molecule has 0 bridgehead atoms. The number of rotatable bonds is 5. The maximum absolute atomic E-state index is 13.8. The highest BCUT2D eigenvalue weighted by atomic mass is 32.2. The normalized spacial score (nSPS) is 11.4. The highest BCUT2D eigenvalue weighted by Crippen LogP contribution is 2.20. The van der Waals surface area contributed by atoms with Crippen LogP contribution in [0.1, 0.15) is 36.2 Å². The highest BCUT2D eigenvalue weighted by molar-refractivity contribution is 7.89. The number of carbonyl (C=O) groups is 1. The van der Waals surface area contributed by atoms with Gasteiger partial charge in [-0.15, -0.1) is 0 Å². The Morgan fingerprint density at radius 1 is 1.35 bits per heavy atom. The molecule has 2 N–H and O–H groups in total. The van der Waals surface area contributed by atoms with Gasteiger partial charge in [-0.3, -0.25) is 4.79 Å². The van der Waals surface area contributed by atoms with Crippen LogP contribution in [0.15, 0.2) is 17.0 Å². The smallest absolute Gasteiger partial charge is 0.253 e.